The van der Waals surface area contributed by atoms with Crippen molar-refractivity contribution in [1.29, 1.82) is 0 Å². The van der Waals surface area contributed by atoms with Gasteiger partial charge in [-0.2, -0.15) is 0 Å². The number of hydrogen-bond donors (Lipinski definition) is 2. The van der Waals surface area contributed by atoms with E-state index in [9.17, 15) is 9.90 Å². The molecule has 1 aromatic heterocycles. The van der Waals surface area contributed by atoms with Gasteiger partial charge in [-0.15, -0.1) is 10.2 Å². The Morgan fingerprint density at radius 3 is 2.62 bits per heavy atom. The standard InChI is InChI=1S/C9H16N4O2S/c1-9(2,15)5-13(4)7(14)6-11-12-8(10-3)16-6/h15H,5H2,1-4H3,(H,10,12). The summed E-state index contributed by atoms with van der Waals surface area (Å²) in [5.74, 6) is -0.235. The number of hydrogen-bond acceptors (Lipinski definition) is 6. The summed E-state index contributed by atoms with van der Waals surface area (Å²) in [4.78, 5) is 13.3. The normalized spacial score (nSPS) is 11.3. The van der Waals surface area contributed by atoms with E-state index in [0.29, 0.717) is 10.1 Å². The summed E-state index contributed by atoms with van der Waals surface area (Å²) in [5.41, 5.74) is -0.916. The molecule has 1 amide bonds. The van der Waals surface area contributed by atoms with Gasteiger partial charge >= 0.3 is 0 Å². The molecule has 16 heavy (non-hydrogen) atoms. The van der Waals surface area contributed by atoms with Crippen LogP contribution in [0.2, 0.25) is 0 Å². The Hall–Kier alpha value is -1.21. The number of carbonyl (C=O) groups is 1. The fourth-order valence-corrected chi connectivity index (χ4v) is 1.92. The number of anilines is 1. The maximum absolute atomic E-state index is 11.8. The molecular weight excluding hydrogens is 228 g/mol. The zero-order valence-corrected chi connectivity index (χ0v) is 10.6. The zero-order valence-electron chi connectivity index (χ0n) is 9.81. The largest absolute Gasteiger partial charge is 0.389 e. The first kappa shape index (κ1) is 12.9. The lowest BCUT2D eigenvalue weighted by molar-refractivity contribution is 0.0367. The molecule has 1 rings (SSSR count). The highest BCUT2D eigenvalue weighted by Crippen LogP contribution is 2.16. The summed E-state index contributed by atoms with van der Waals surface area (Å²) in [5, 5.41) is 20.9. The van der Waals surface area contributed by atoms with E-state index in [1.54, 1.807) is 27.9 Å². The van der Waals surface area contributed by atoms with Crippen LogP contribution in [-0.4, -0.2) is 52.4 Å². The lowest BCUT2D eigenvalue weighted by Crippen LogP contribution is -2.39. The Bertz CT molecular complexity index is 372. The molecule has 0 fully saturated rings. The topological polar surface area (TPSA) is 78.4 Å². The highest BCUT2D eigenvalue weighted by Gasteiger charge is 2.22. The number of aromatic nitrogens is 2. The smallest absolute Gasteiger partial charge is 0.284 e. The highest BCUT2D eigenvalue weighted by molar-refractivity contribution is 7.17. The number of amides is 1. The van der Waals surface area contributed by atoms with E-state index in [0.717, 1.165) is 0 Å². The van der Waals surface area contributed by atoms with Gasteiger partial charge in [0.2, 0.25) is 10.1 Å². The van der Waals surface area contributed by atoms with E-state index in [2.05, 4.69) is 15.5 Å². The molecule has 0 unspecified atom stereocenters. The Labute approximate surface area is 98.3 Å². The molecule has 0 aliphatic carbocycles. The molecule has 0 radical (unpaired) electrons. The predicted molar refractivity (Wildman–Crippen MR) is 62.7 cm³/mol. The van der Waals surface area contributed by atoms with Gasteiger partial charge in [-0.3, -0.25) is 4.79 Å². The van der Waals surface area contributed by atoms with Gasteiger partial charge in [-0.25, -0.2) is 0 Å². The van der Waals surface area contributed by atoms with Crippen LogP contribution in [0.1, 0.15) is 23.6 Å². The van der Waals surface area contributed by atoms with Crippen LogP contribution in [0.5, 0.6) is 0 Å². The molecular formula is C9H16N4O2S. The molecule has 0 bridgehead atoms. The Balaban J connectivity index is 2.70. The van der Waals surface area contributed by atoms with E-state index < -0.39 is 5.60 Å². The predicted octanol–water partition coefficient (Wildman–Crippen LogP) is 0.423. The quantitative estimate of drug-likeness (QED) is 0.802. The van der Waals surface area contributed by atoms with Crippen molar-refractivity contribution >= 4 is 22.4 Å². The second-order valence-corrected chi connectivity index (χ2v) is 5.11. The molecule has 0 aliphatic heterocycles. The first-order valence-corrected chi connectivity index (χ1v) is 5.64. The second-order valence-electron chi connectivity index (χ2n) is 4.14. The summed E-state index contributed by atoms with van der Waals surface area (Å²) < 4.78 is 0. The third-order valence-corrected chi connectivity index (χ3v) is 2.72. The Kier molecular flexibility index (Phi) is 3.82. The van der Waals surface area contributed by atoms with Crippen molar-refractivity contribution in [2.75, 3.05) is 26.0 Å². The first-order valence-electron chi connectivity index (χ1n) is 4.82. The lowest BCUT2D eigenvalue weighted by atomic mass is 10.1. The average Bonchev–Trinajstić information content (AvgIpc) is 2.61. The van der Waals surface area contributed by atoms with Crippen LogP contribution in [0.25, 0.3) is 0 Å². The van der Waals surface area contributed by atoms with Crippen LogP contribution in [0, 0.1) is 0 Å². The third kappa shape index (κ3) is 3.42. The van der Waals surface area contributed by atoms with Crippen LogP contribution in [-0.2, 0) is 0 Å². The van der Waals surface area contributed by atoms with Crippen molar-refractivity contribution in [1.82, 2.24) is 15.1 Å². The molecule has 1 heterocycles. The molecule has 2 N–H and O–H groups in total. The van der Waals surface area contributed by atoms with Gasteiger partial charge in [-0.1, -0.05) is 11.3 Å². The summed E-state index contributed by atoms with van der Waals surface area (Å²) in [6.07, 6.45) is 0. The summed E-state index contributed by atoms with van der Waals surface area (Å²) in [6, 6.07) is 0. The summed E-state index contributed by atoms with van der Waals surface area (Å²) in [6.45, 7) is 3.55. The number of nitrogens with one attached hydrogen (secondary N) is 1. The monoisotopic (exact) mass is 244 g/mol. The molecule has 0 saturated carbocycles. The summed E-state index contributed by atoms with van der Waals surface area (Å²) >= 11 is 1.19. The SMILES string of the molecule is CNc1nnc(C(=O)N(C)CC(C)(C)O)s1. The van der Waals surface area contributed by atoms with Gasteiger partial charge in [0.15, 0.2) is 0 Å². The molecule has 90 valence electrons. The van der Waals surface area contributed by atoms with E-state index in [1.165, 1.54) is 16.2 Å². The van der Waals surface area contributed by atoms with Crippen molar-refractivity contribution in [3.05, 3.63) is 5.01 Å². The van der Waals surface area contributed by atoms with Crippen LogP contribution in [0.15, 0.2) is 0 Å². The minimum absolute atomic E-state index is 0.235. The minimum atomic E-state index is -0.916. The molecule has 1 aromatic rings. The van der Waals surface area contributed by atoms with Gasteiger partial charge in [0, 0.05) is 20.6 Å². The lowest BCUT2D eigenvalue weighted by Gasteiger charge is -2.24. The van der Waals surface area contributed by atoms with E-state index >= 15 is 0 Å². The van der Waals surface area contributed by atoms with Crippen molar-refractivity contribution in [2.45, 2.75) is 19.4 Å². The van der Waals surface area contributed by atoms with Gasteiger partial charge < -0.3 is 15.3 Å². The Morgan fingerprint density at radius 1 is 1.56 bits per heavy atom. The Morgan fingerprint density at radius 2 is 2.19 bits per heavy atom. The van der Waals surface area contributed by atoms with E-state index in [1.807, 2.05) is 0 Å². The molecule has 0 saturated heterocycles. The maximum atomic E-state index is 11.8. The van der Waals surface area contributed by atoms with Crippen molar-refractivity contribution < 1.29 is 9.90 Å². The molecule has 6 nitrogen and oxygen atoms in total. The van der Waals surface area contributed by atoms with Crippen molar-refractivity contribution in [2.24, 2.45) is 0 Å². The molecule has 0 spiro atoms. The number of likely N-dealkylation sites (N-methyl/N-ethyl adjacent to an activating group) is 1. The molecule has 0 aliphatic rings. The minimum Gasteiger partial charge on any atom is -0.389 e. The fraction of sp³-hybridized carbons (Fsp3) is 0.667. The molecule has 0 atom stereocenters. The fourth-order valence-electron chi connectivity index (χ4n) is 1.23. The van der Waals surface area contributed by atoms with E-state index in [-0.39, 0.29) is 12.5 Å². The number of nitrogens with zero attached hydrogens (tertiary/aromatic N) is 3. The number of carbonyl (C=O) groups excluding carboxylic acids is 1. The van der Waals surface area contributed by atoms with Crippen LogP contribution in [0.4, 0.5) is 5.13 Å². The van der Waals surface area contributed by atoms with E-state index in [4.69, 9.17) is 0 Å². The van der Waals surface area contributed by atoms with Crippen LogP contribution >= 0.6 is 11.3 Å². The number of rotatable bonds is 4. The van der Waals surface area contributed by atoms with Crippen LogP contribution < -0.4 is 5.32 Å². The van der Waals surface area contributed by atoms with Crippen molar-refractivity contribution in [3.63, 3.8) is 0 Å². The highest BCUT2D eigenvalue weighted by atomic mass is 32.1. The van der Waals surface area contributed by atoms with Gasteiger partial charge in [0.05, 0.1) is 5.60 Å². The van der Waals surface area contributed by atoms with Gasteiger partial charge in [0.1, 0.15) is 0 Å². The van der Waals surface area contributed by atoms with Crippen LogP contribution in [0.3, 0.4) is 0 Å². The first-order chi connectivity index (χ1) is 7.33. The molecule has 0 aromatic carbocycles. The summed E-state index contributed by atoms with van der Waals surface area (Å²) in [7, 11) is 3.34. The molecule has 7 heteroatoms. The second kappa shape index (κ2) is 4.75. The third-order valence-electron chi connectivity index (χ3n) is 1.79. The maximum Gasteiger partial charge on any atom is 0.284 e. The van der Waals surface area contributed by atoms with Crippen molar-refractivity contribution in [3.8, 4) is 0 Å². The van der Waals surface area contributed by atoms with Gasteiger partial charge in [0.25, 0.3) is 5.91 Å². The zero-order chi connectivity index (χ0) is 12.3. The van der Waals surface area contributed by atoms with Gasteiger partial charge in [-0.05, 0) is 13.8 Å². The number of aliphatic hydroxyl groups is 1. The average molecular weight is 244 g/mol.